The number of hydrogen-bond donors (Lipinski definition) is 2. The molecule has 0 spiro atoms. The van der Waals surface area contributed by atoms with Crippen LogP contribution >= 0.6 is 11.6 Å². The first-order valence-corrected chi connectivity index (χ1v) is 10.2. The first-order chi connectivity index (χ1) is 12.5. The van der Waals surface area contributed by atoms with Crippen molar-refractivity contribution >= 4 is 33.1 Å². The third-order valence-electron chi connectivity index (χ3n) is 3.76. The number of fused-ring (bicyclic) bond motifs is 1. The van der Waals surface area contributed by atoms with Crippen molar-refractivity contribution in [2.24, 2.45) is 0 Å². The summed E-state index contributed by atoms with van der Waals surface area (Å²) in [4.78, 5) is 0. The average molecular weight is 395 g/mol. The topological polar surface area (TPSA) is 101 Å². The van der Waals surface area contributed by atoms with E-state index in [0.29, 0.717) is 35.3 Å². The van der Waals surface area contributed by atoms with Crippen LogP contribution in [0, 0.1) is 0 Å². The molecular formula is C16H19ClN6O2S. The summed E-state index contributed by atoms with van der Waals surface area (Å²) >= 11 is 5.89. The SMILES string of the molecule is CCS(=O)(=O)NCCc1nnc2ccc(NCc3ccc(Cl)cc3)nn12. The maximum atomic E-state index is 11.5. The van der Waals surface area contributed by atoms with Gasteiger partial charge in [-0.3, -0.25) is 0 Å². The zero-order valence-electron chi connectivity index (χ0n) is 14.2. The average Bonchev–Trinajstić information content (AvgIpc) is 3.03. The maximum absolute atomic E-state index is 11.5. The lowest BCUT2D eigenvalue weighted by Gasteiger charge is -2.07. The van der Waals surface area contributed by atoms with E-state index in [1.165, 1.54) is 0 Å². The Balaban J connectivity index is 1.68. The molecule has 0 unspecified atom stereocenters. The summed E-state index contributed by atoms with van der Waals surface area (Å²) < 4.78 is 27.1. The van der Waals surface area contributed by atoms with Crippen LogP contribution < -0.4 is 10.0 Å². The van der Waals surface area contributed by atoms with E-state index in [0.717, 1.165) is 5.56 Å². The number of hydrogen-bond acceptors (Lipinski definition) is 6. The van der Waals surface area contributed by atoms with Crippen LogP contribution in [0.3, 0.4) is 0 Å². The Bertz CT molecular complexity index is 988. The van der Waals surface area contributed by atoms with Gasteiger partial charge in [-0.25, -0.2) is 13.1 Å². The van der Waals surface area contributed by atoms with Gasteiger partial charge < -0.3 is 5.32 Å². The number of anilines is 1. The van der Waals surface area contributed by atoms with Crippen LogP contribution in [0.2, 0.25) is 5.02 Å². The molecule has 0 aliphatic carbocycles. The molecule has 138 valence electrons. The lowest BCUT2D eigenvalue weighted by molar-refractivity contribution is 0.581. The molecule has 8 nitrogen and oxygen atoms in total. The van der Waals surface area contributed by atoms with Crippen molar-refractivity contribution < 1.29 is 8.42 Å². The summed E-state index contributed by atoms with van der Waals surface area (Å²) in [7, 11) is -3.23. The van der Waals surface area contributed by atoms with Crippen molar-refractivity contribution in [3.05, 3.63) is 52.8 Å². The Morgan fingerprint density at radius 1 is 1.12 bits per heavy atom. The van der Waals surface area contributed by atoms with Gasteiger partial charge in [-0.1, -0.05) is 23.7 Å². The minimum Gasteiger partial charge on any atom is -0.365 e. The van der Waals surface area contributed by atoms with Gasteiger partial charge in [0.25, 0.3) is 0 Å². The van der Waals surface area contributed by atoms with Crippen LogP contribution in [0.25, 0.3) is 5.65 Å². The van der Waals surface area contributed by atoms with Crippen molar-refractivity contribution in [2.75, 3.05) is 17.6 Å². The summed E-state index contributed by atoms with van der Waals surface area (Å²) in [6.07, 6.45) is 0.397. The largest absolute Gasteiger partial charge is 0.365 e. The zero-order chi connectivity index (χ0) is 18.6. The molecule has 0 aliphatic rings. The Kier molecular flexibility index (Phi) is 5.70. The minimum absolute atomic E-state index is 0.0462. The van der Waals surface area contributed by atoms with Gasteiger partial charge in [-0.15, -0.1) is 15.3 Å². The van der Waals surface area contributed by atoms with E-state index < -0.39 is 10.0 Å². The number of nitrogens with zero attached hydrogens (tertiary/aromatic N) is 4. The lowest BCUT2D eigenvalue weighted by atomic mass is 10.2. The molecule has 0 fully saturated rings. The first kappa shape index (κ1) is 18.6. The van der Waals surface area contributed by atoms with Crippen molar-refractivity contribution in [3.63, 3.8) is 0 Å². The van der Waals surface area contributed by atoms with Gasteiger partial charge in [0.1, 0.15) is 5.82 Å². The van der Waals surface area contributed by atoms with Gasteiger partial charge in [0.15, 0.2) is 11.5 Å². The van der Waals surface area contributed by atoms with E-state index in [9.17, 15) is 8.42 Å². The van der Waals surface area contributed by atoms with E-state index in [1.807, 2.05) is 36.4 Å². The van der Waals surface area contributed by atoms with E-state index in [1.54, 1.807) is 11.4 Å². The summed E-state index contributed by atoms with van der Waals surface area (Å²) in [5.74, 6) is 1.31. The highest BCUT2D eigenvalue weighted by Gasteiger charge is 2.10. The molecule has 0 aliphatic heterocycles. The normalized spacial score (nSPS) is 11.8. The zero-order valence-corrected chi connectivity index (χ0v) is 15.8. The number of rotatable bonds is 8. The highest BCUT2D eigenvalue weighted by Crippen LogP contribution is 2.12. The molecule has 26 heavy (non-hydrogen) atoms. The fraction of sp³-hybridized carbons (Fsp3) is 0.312. The summed E-state index contributed by atoms with van der Waals surface area (Å²) in [6.45, 7) is 2.44. The van der Waals surface area contributed by atoms with Gasteiger partial charge in [0, 0.05) is 24.5 Å². The van der Waals surface area contributed by atoms with Gasteiger partial charge in [-0.2, -0.15) is 4.52 Å². The molecule has 3 rings (SSSR count). The fourth-order valence-electron chi connectivity index (χ4n) is 2.30. The van der Waals surface area contributed by atoms with Gasteiger partial charge in [-0.05, 0) is 36.8 Å². The summed E-state index contributed by atoms with van der Waals surface area (Å²) in [5, 5.41) is 16.5. The van der Waals surface area contributed by atoms with Gasteiger partial charge >= 0.3 is 0 Å². The standard InChI is InChI=1S/C16H19ClN6O2S/c1-2-26(24,25)19-10-9-16-21-20-15-8-7-14(22-23(15)16)18-11-12-3-5-13(17)6-4-12/h3-8,19H,2,9-11H2,1H3,(H,18,22). The van der Waals surface area contributed by atoms with Crippen LogP contribution in [0.1, 0.15) is 18.3 Å². The van der Waals surface area contributed by atoms with Gasteiger partial charge in [0.05, 0.1) is 5.75 Å². The van der Waals surface area contributed by atoms with Crippen molar-refractivity contribution in [3.8, 4) is 0 Å². The molecular weight excluding hydrogens is 376 g/mol. The summed E-state index contributed by atoms with van der Waals surface area (Å²) in [6, 6.07) is 11.2. The second-order valence-corrected chi connectivity index (χ2v) is 8.16. The smallest absolute Gasteiger partial charge is 0.211 e. The van der Waals surface area contributed by atoms with E-state index in [-0.39, 0.29) is 12.3 Å². The molecule has 0 amide bonds. The first-order valence-electron chi connectivity index (χ1n) is 8.14. The Labute approximate surface area is 156 Å². The highest BCUT2D eigenvalue weighted by molar-refractivity contribution is 7.89. The Morgan fingerprint density at radius 2 is 1.88 bits per heavy atom. The molecule has 0 saturated heterocycles. The predicted molar refractivity (Wildman–Crippen MR) is 101 cm³/mol. The highest BCUT2D eigenvalue weighted by atomic mass is 35.5. The quantitative estimate of drug-likeness (QED) is 0.604. The Morgan fingerprint density at radius 3 is 2.62 bits per heavy atom. The fourth-order valence-corrected chi connectivity index (χ4v) is 3.04. The van der Waals surface area contributed by atoms with E-state index in [2.05, 4.69) is 25.3 Å². The van der Waals surface area contributed by atoms with Crippen molar-refractivity contribution in [1.29, 1.82) is 0 Å². The van der Waals surface area contributed by atoms with Crippen molar-refractivity contribution in [2.45, 2.75) is 19.9 Å². The molecule has 0 bridgehead atoms. The molecule has 10 heteroatoms. The third-order valence-corrected chi connectivity index (χ3v) is 5.42. The third kappa shape index (κ3) is 4.69. The van der Waals surface area contributed by atoms with Crippen LogP contribution in [0.5, 0.6) is 0 Å². The number of nitrogens with one attached hydrogen (secondary N) is 2. The second-order valence-electron chi connectivity index (χ2n) is 5.63. The van der Waals surface area contributed by atoms with Crippen LogP contribution in [-0.2, 0) is 23.0 Å². The Hall–Kier alpha value is -2.23. The number of aromatic nitrogens is 4. The van der Waals surface area contributed by atoms with E-state index in [4.69, 9.17) is 11.6 Å². The number of halogens is 1. The molecule has 0 radical (unpaired) electrons. The number of benzene rings is 1. The molecule has 2 N–H and O–H groups in total. The molecule has 2 aromatic heterocycles. The molecule has 2 heterocycles. The van der Waals surface area contributed by atoms with Crippen LogP contribution in [-0.4, -0.2) is 40.5 Å². The molecule has 3 aromatic rings. The minimum atomic E-state index is -3.23. The van der Waals surface area contributed by atoms with Gasteiger partial charge in [0.2, 0.25) is 10.0 Å². The monoisotopic (exact) mass is 394 g/mol. The molecule has 1 aromatic carbocycles. The molecule has 0 atom stereocenters. The lowest BCUT2D eigenvalue weighted by Crippen LogP contribution is -2.27. The van der Waals surface area contributed by atoms with Crippen LogP contribution in [0.4, 0.5) is 5.82 Å². The van der Waals surface area contributed by atoms with Crippen molar-refractivity contribution in [1.82, 2.24) is 24.5 Å². The predicted octanol–water partition coefficient (Wildman–Crippen LogP) is 1.87. The molecule has 0 saturated carbocycles. The second kappa shape index (κ2) is 7.98. The van der Waals surface area contributed by atoms with E-state index >= 15 is 0 Å². The van der Waals surface area contributed by atoms with Crippen LogP contribution in [0.15, 0.2) is 36.4 Å². The number of sulfonamides is 1. The maximum Gasteiger partial charge on any atom is 0.211 e. The summed E-state index contributed by atoms with van der Waals surface area (Å²) in [5.41, 5.74) is 1.68.